The van der Waals surface area contributed by atoms with Gasteiger partial charge in [0.2, 0.25) is 5.91 Å². The van der Waals surface area contributed by atoms with E-state index in [1.54, 1.807) is 12.1 Å². The van der Waals surface area contributed by atoms with Gasteiger partial charge in [-0.25, -0.2) is 0 Å². The van der Waals surface area contributed by atoms with Crippen LogP contribution < -0.4 is 10.6 Å². The first-order valence-electron chi connectivity index (χ1n) is 6.20. The van der Waals surface area contributed by atoms with Gasteiger partial charge in [0.25, 0.3) is 0 Å². The Morgan fingerprint density at radius 2 is 2.28 bits per heavy atom. The molecular formula is C14H17N3O. The van der Waals surface area contributed by atoms with E-state index in [2.05, 4.69) is 16.7 Å². The number of nitriles is 1. The molecule has 0 unspecified atom stereocenters. The maximum absolute atomic E-state index is 11.6. The summed E-state index contributed by atoms with van der Waals surface area (Å²) in [5.41, 5.74) is 2.47. The van der Waals surface area contributed by atoms with Gasteiger partial charge < -0.3 is 10.6 Å². The molecule has 2 rings (SSSR count). The maximum Gasteiger partial charge on any atom is 0.239 e. The van der Waals surface area contributed by atoms with Crippen LogP contribution in [0.5, 0.6) is 0 Å². The lowest BCUT2D eigenvalue weighted by molar-refractivity contribution is -0.119. The molecule has 4 nitrogen and oxygen atoms in total. The molecule has 1 aromatic carbocycles. The van der Waals surface area contributed by atoms with Gasteiger partial charge in [0, 0.05) is 12.2 Å². The number of carbonyl (C=O) groups is 1. The van der Waals surface area contributed by atoms with E-state index in [9.17, 15) is 4.79 Å². The van der Waals surface area contributed by atoms with Crippen LogP contribution in [0, 0.1) is 24.2 Å². The number of nitrogens with zero attached hydrogens (tertiary/aromatic N) is 1. The van der Waals surface area contributed by atoms with Gasteiger partial charge in [0.1, 0.15) is 0 Å². The summed E-state index contributed by atoms with van der Waals surface area (Å²) in [6.45, 7) is 2.99. The Bertz CT molecular complexity index is 486. The van der Waals surface area contributed by atoms with Crippen molar-refractivity contribution in [1.82, 2.24) is 5.32 Å². The third-order valence-corrected chi connectivity index (χ3v) is 3.09. The number of anilines is 1. The van der Waals surface area contributed by atoms with Crippen molar-refractivity contribution < 1.29 is 4.79 Å². The summed E-state index contributed by atoms with van der Waals surface area (Å²) in [7, 11) is 0. The molecule has 2 N–H and O–H groups in total. The second-order valence-corrected chi connectivity index (χ2v) is 4.74. The maximum atomic E-state index is 11.6. The van der Waals surface area contributed by atoms with Gasteiger partial charge in [0.05, 0.1) is 18.2 Å². The Balaban J connectivity index is 1.84. The molecule has 1 aromatic rings. The van der Waals surface area contributed by atoms with Gasteiger partial charge in [0.15, 0.2) is 0 Å². The van der Waals surface area contributed by atoms with E-state index in [1.807, 2.05) is 13.0 Å². The number of rotatable bonds is 5. The minimum Gasteiger partial charge on any atom is -0.376 e. The molecule has 0 saturated heterocycles. The van der Waals surface area contributed by atoms with Crippen LogP contribution in [0.4, 0.5) is 5.69 Å². The smallest absolute Gasteiger partial charge is 0.239 e. The minimum absolute atomic E-state index is 0.00339. The number of amides is 1. The fourth-order valence-corrected chi connectivity index (χ4v) is 1.70. The van der Waals surface area contributed by atoms with Crippen molar-refractivity contribution in [3.05, 3.63) is 29.3 Å². The Morgan fingerprint density at radius 3 is 2.94 bits per heavy atom. The third-order valence-electron chi connectivity index (χ3n) is 3.09. The number of benzene rings is 1. The van der Waals surface area contributed by atoms with Crippen molar-refractivity contribution >= 4 is 11.6 Å². The van der Waals surface area contributed by atoms with Crippen LogP contribution in [0.2, 0.25) is 0 Å². The molecule has 1 saturated carbocycles. The lowest BCUT2D eigenvalue weighted by Crippen LogP contribution is -2.31. The lowest BCUT2D eigenvalue weighted by atomic mass is 10.1. The fourth-order valence-electron chi connectivity index (χ4n) is 1.70. The highest BCUT2D eigenvalue weighted by Gasteiger charge is 2.21. The normalized spacial score (nSPS) is 13.8. The van der Waals surface area contributed by atoms with Crippen LogP contribution >= 0.6 is 0 Å². The van der Waals surface area contributed by atoms with E-state index < -0.39 is 0 Å². The molecule has 1 amide bonds. The largest absolute Gasteiger partial charge is 0.376 e. The fraction of sp³-hybridized carbons (Fsp3) is 0.429. The molecule has 1 aliphatic rings. The van der Waals surface area contributed by atoms with Crippen molar-refractivity contribution in [2.45, 2.75) is 19.8 Å². The zero-order valence-corrected chi connectivity index (χ0v) is 10.5. The monoisotopic (exact) mass is 243 g/mol. The van der Waals surface area contributed by atoms with E-state index in [-0.39, 0.29) is 12.5 Å². The quantitative estimate of drug-likeness (QED) is 0.828. The topological polar surface area (TPSA) is 64.9 Å². The SMILES string of the molecule is Cc1ccc(C#N)cc1NCC(=O)NCC1CC1. The van der Waals surface area contributed by atoms with Crippen molar-refractivity contribution in [3.8, 4) is 6.07 Å². The van der Waals surface area contributed by atoms with Gasteiger partial charge in [-0.1, -0.05) is 6.07 Å². The summed E-state index contributed by atoms with van der Waals surface area (Å²) in [6, 6.07) is 7.51. The van der Waals surface area contributed by atoms with Crippen molar-refractivity contribution in [2.75, 3.05) is 18.4 Å². The van der Waals surface area contributed by atoms with Gasteiger partial charge >= 0.3 is 0 Å². The number of hydrogen-bond donors (Lipinski definition) is 2. The van der Waals surface area contributed by atoms with Gasteiger partial charge in [-0.3, -0.25) is 4.79 Å². The molecule has 0 heterocycles. The molecule has 94 valence electrons. The highest BCUT2D eigenvalue weighted by Crippen LogP contribution is 2.27. The first-order chi connectivity index (χ1) is 8.69. The van der Waals surface area contributed by atoms with E-state index in [1.165, 1.54) is 12.8 Å². The standard InChI is InChI=1S/C14H17N3O/c1-10-2-3-12(7-15)6-13(10)16-9-14(18)17-8-11-4-5-11/h2-3,6,11,16H,4-5,8-9H2,1H3,(H,17,18). The first kappa shape index (κ1) is 12.4. The average molecular weight is 243 g/mol. The molecule has 0 radical (unpaired) electrons. The van der Waals surface area contributed by atoms with Crippen molar-refractivity contribution in [3.63, 3.8) is 0 Å². The minimum atomic E-state index is 0.00339. The molecule has 0 aromatic heterocycles. The van der Waals surface area contributed by atoms with Gasteiger partial charge in [-0.2, -0.15) is 5.26 Å². The zero-order valence-electron chi connectivity index (χ0n) is 10.5. The second-order valence-electron chi connectivity index (χ2n) is 4.74. The van der Waals surface area contributed by atoms with Crippen LogP contribution in [0.25, 0.3) is 0 Å². The molecule has 0 bridgehead atoms. The van der Waals surface area contributed by atoms with Crippen LogP contribution in [0.3, 0.4) is 0 Å². The number of nitrogens with one attached hydrogen (secondary N) is 2. The van der Waals surface area contributed by atoms with Crippen LogP contribution in [0.1, 0.15) is 24.0 Å². The number of hydrogen-bond acceptors (Lipinski definition) is 3. The molecule has 0 spiro atoms. The average Bonchev–Trinajstić information content (AvgIpc) is 3.19. The van der Waals surface area contributed by atoms with Crippen LogP contribution in [-0.4, -0.2) is 19.0 Å². The van der Waals surface area contributed by atoms with E-state index in [0.29, 0.717) is 11.5 Å². The number of aryl methyl sites for hydroxylation is 1. The highest BCUT2D eigenvalue weighted by molar-refractivity contribution is 5.81. The van der Waals surface area contributed by atoms with Crippen LogP contribution in [-0.2, 0) is 4.79 Å². The number of carbonyl (C=O) groups excluding carboxylic acids is 1. The Kier molecular flexibility index (Phi) is 3.83. The Morgan fingerprint density at radius 1 is 1.50 bits per heavy atom. The highest BCUT2D eigenvalue weighted by atomic mass is 16.1. The summed E-state index contributed by atoms with van der Waals surface area (Å²) in [4.78, 5) is 11.6. The molecule has 18 heavy (non-hydrogen) atoms. The summed E-state index contributed by atoms with van der Waals surface area (Å²) >= 11 is 0. The van der Waals surface area contributed by atoms with Gasteiger partial charge in [-0.05, 0) is 43.4 Å². The zero-order chi connectivity index (χ0) is 13.0. The molecule has 0 atom stereocenters. The van der Waals surface area contributed by atoms with E-state index in [0.717, 1.165) is 17.8 Å². The summed E-state index contributed by atoms with van der Waals surface area (Å²) in [6.07, 6.45) is 2.47. The molecule has 4 heteroatoms. The molecule has 1 fully saturated rings. The Hall–Kier alpha value is -2.02. The van der Waals surface area contributed by atoms with E-state index >= 15 is 0 Å². The third kappa shape index (κ3) is 3.49. The summed E-state index contributed by atoms with van der Waals surface area (Å²) < 4.78 is 0. The predicted molar refractivity (Wildman–Crippen MR) is 70.1 cm³/mol. The molecule has 1 aliphatic carbocycles. The van der Waals surface area contributed by atoms with Crippen LogP contribution in [0.15, 0.2) is 18.2 Å². The predicted octanol–water partition coefficient (Wildman–Crippen LogP) is 1.80. The Labute approximate surface area is 107 Å². The summed E-state index contributed by atoms with van der Waals surface area (Å²) in [5.74, 6) is 0.696. The molecular weight excluding hydrogens is 226 g/mol. The molecule has 0 aliphatic heterocycles. The van der Waals surface area contributed by atoms with E-state index in [4.69, 9.17) is 5.26 Å². The second kappa shape index (κ2) is 5.54. The summed E-state index contributed by atoms with van der Waals surface area (Å²) in [5, 5.41) is 14.8. The van der Waals surface area contributed by atoms with Crippen molar-refractivity contribution in [1.29, 1.82) is 5.26 Å². The first-order valence-corrected chi connectivity index (χ1v) is 6.20. The lowest BCUT2D eigenvalue weighted by Gasteiger charge is -2.10. The van der Waals surface area contributed by atoms with Crippen molar-refractivity contribution in [2.24, 2.45) is 5.92 Å². The van der Waals surface area contributed by atoms with Gasteiger partial charge in [-0.15, -0.1) is 0 Å².